The molecule has 1 aromatic rings. The molecule has 3 rings (SSSR count). The third-order valence-corrected chi connectivity index (χ3v) is 3.47. The van der Waals surface area contributed by atoms with Gasteiger partial charge in [-0.1, -0.05) is 25.1 Å². The van der Waals surface area contributed by atoms with Crippen LogP contribution in [-0.4, -0.2) is 30.1 Å². The van der Waals surface area contributed by atoms with Gasteiger partial charge in [0, 0.05) is 18.8 Å². The highest BCUT2D eigenvalue weighted by Crippen LogP contribution is 2.36. The van der Waals surface area contributed by atoms with Crippen LogP contribution in [0.3, 0.4) is 0 Å². The summed E-state index contributed by atoms with van der Waals surface area (Å²) in [6.45, 7) is 3.89. The van der Waals surface area contributed by atoms with E-state index in [0.29, 0.717) is 6.04 Å². The van der Waals surface area contributed by atoms with Gasteiger partial charge in [0.05, 0.1) is 6.04 Å². The number of rotatable bonds is 2. The van der Waals surface area contributed by atoms with Crippen LogP contribution in [0.4, 0.5) is 10.5 Å². The smallest absolute Gasteiger partial charge is 0.322 e. The van der Waals surface area contributed by atoms with Crippen LogP contribution in [-0.2, 0) is 6.42 Å². The van der Waals surface area contributed by atoms with Crippen molar-refractivity contribution in [2.45, 2.75) is 25.8 Å². The maximum atomic E-state index is 12.2. The molecule has 16 heavy (non-hydrogen) atoms. The molecule has 1 saturated heterocycles. The molecule has 0 radical (unpaired) electrons. The number of benzene rings is 1. The average molecular weight is 216 g/mol. The van der Waals surface area contributed by atoms with Crippen molar-refractivity contribution >= 4 is 11.7 Å². The zero-order chi connectivity index (χ0) is 11.1. The molecule has 0 aliphatic carbocycles. The Hall–Kier alpha value is -1.51. The Morgan fingerprint density at radius 1 is 1.38 bits per heavy atom. The first kappa shape index (κ1) is 9.70. The molecule has 1 aromatic carbocycles. The van der Waals surface area contributed by atoms with Crippen molar-refractivity contribution in [1.82, 2.24) is 4.90 Å². The predicted octanol–water partition coefficient (Wildman–Crippen LogP) is 2.26. The van der Waals surface area contributed by atoms with Crippen molar-refractivity contribution in [3.05, 3.63) is 29.8 Å². The van der Waals surface area contributed by atoms with E-state index in [4.69, 9.17) is 0 Å². The van der Waals surface area contributed by atoms with Gasteiger partial charge in [-0.25, -0.2) is 4.79 Å². The number of anilines is 1. The number of hydrogen-bond donors (Lipinski definition) is 0. The van der Waals surface area contributed by atoms with Crippen LogP contribution in [0.2, 0.25) is 0 Å². The fraction of sp³-hybridized carbons (Fsp3) is 0.462. The standard InChI is InChI=1S/C13H16N2O/c1-2-7-14-9-11-8-10-5-3-4-6-12(10)15(11)13(14)16/h3-6,11H,2,7-9H2,1H3. The highest BCUT2D eigenvalue weighted by molar-refractivity contribution is 5.97. The van der Waals surface area contributed by atoms with E-state index in [-0.39, 0.29) is 6.03 Å². The van der Waals surface area contributed by atoms with E-state index < -0.39 is 0 Å². The van der Waals surface area contributed by atoms with Crippen molar-refractivity contribution in [2.75, 3.05) is 18.0 Å². The van der Waals surface area contributed by atoms with Crippen LogP contribution < -0.4 is 4.90 Å². The summed E-state index contributed by atoms with van der Waals surface area (Å²) in [5.41, 5.74) is 2.44. The van der Waals surface area contributed by atoms with Gasteiger partial charge in [-0.2, -0.15) is 0 Å². The van der Waals surface area contributed by atoms with Crippen LogP contribution in [0.25, 0.3) is 0 Å². The minimum Gasteiger partial charge on any atom is -0.322 e. The van der Waals surface area contributed by atoms with E-state index in [0.717, 1.165) is 31.6 Å². The maximum Gasteiger partial charge on any atom is 0.324 e. The summed E-state index contributed by atoms with van der Waals surface area (Å²) >= 11 is 0. The van der Waals surface area contributed by atoms with Crippen LogP contribution >= 0.6 is 0 Å². The normalized spacial score (nSPS) is 22.6. The molecular formula is C13H16N2O. The summed E-state index contributed by atoms with van der Waals surface area (Å²) < 4.78 is 0. The van der Waals surface area contributed by atoms with E-state index in [2.05, 4.69) is 25.1 Å². The van der Waals surface area contributed by atoms with Gasteiger partial charge < -0.3 is 4.90 Å². The molecule has 84 valence electrons. The summed E-state index contributed by atoms with van der Waals surface area (Å²) in [5, 5.41) is 0. The summed E-state index contributed by atoms with van der Waals surface area (Å²) in [6, 6.07) is 8.81. The molecule has 3 heteroatoms. The number of fused-ring (bicyclic) bond motifs is 3. The Kier molecular flexibility index (Phi) is 2.13. The number of carbonyl (C=O) groups is 1. The number of carbonyl (C=O) groups excluding carboxylic acids is 1. The summed E-state index contributed by atoms with van der Waals surface area (Å²) in [5.74, 6) is 0. The lowest BCUT2D eigenvalue weighted by Crippen LogP contribution is -2.32. The molecule has 1 fully saturated rings. The van der Waals surface area contributed by atoms with Crippen molar-refractivity contribution in [1.29, 1.82) is 0 Å². The number of nitrogens with zero attached hydrogens (tertiary/aromatic N) is 2. The summed E-state index contributed by atoms with van der Waals surface area (Å²) in [7, 11) is 0. The van der Waals surface area contributed by atoms with Crippen molar-refractivity contribution in [3.63, 3.8) is 0 Å². The zero-order valence-corrected chi connectivity index (χ0v) is 9.52. The van der Waals surface area contributed by atoms with Crippen LogP contribution in [0.1, 0.15) is 18.9 Å². The third-order valence-electron chi connectivity index (χ3n) is 3.47. The molecule has 2 aliphatic heterocycles. The van der Waals surface area contributed by atoms with E-state index in [1.165, 1.54) is 5.56 Å². The number of amides is 2. The van der Waals surface area contributed by atoms with E-state index in [1.807, 2.05) is 15.9 Å². The van der Waals surface area contributed by atoms with Crippen molar-refractivity contribution < 1.29 is 4.79 Å². The van der Waals surface area contributed by atoms with E-state index in [9.17, 15) is 4.79 Å². The largest absolute Gasteiger partial charge is 0.324 e. The molecule has 0 saturated carbocycles. The number of urea groups is 1. The Labute approximate surface area is 95.7 Å². The highest BCUT2D eigenvalue weighted by Gasteiger charge is 2.42. The van der Waals surface area contributed by atoms with E-state index in [1.54, 1.807) is 0 Å². The fourth-order valence-corrected chi connectivity index (χ4v) is 2.81. The van der Waals surface area contributed by atoms with Crippen molar-refractivity contribution in [2.24, 2.45) is 0 Å². The Bertz CT molecular complexity index is 430. The Morgan fingerprint density at radius 3 is 3.00 bits per heavy atom. The molecular weight excluding hydrogens is 200 g/mol. The van der Waals surface area contributed by atoms with Gasteiger partial charge in [0.1, 0.15) is 0 Å². The SMILES string of the molecule is CCCN1CC2Cc3ccccc3N2C1=O. The molecule has 0 bridgehead atoms. The van der Waals surface area contributed by atoms with Gasteiger partial charge in [-0.3, -0.25) is 4.90 Å². The number of para-hydroxylation sites is 1. The van der Waals surface area contributed by atoms with Gasteiger partial charge in [-0.15, -0.1) is 0 Å². The second-order valence-corrected chi connectivity index (χ2v) is 4.59. The monoisotopic (exact) mass is 216 g/mol. The van der Waals surface area contributed by atoms with E-state index >= 15 is 0 Å². The first-order chi connectivity index (χ1) is 7.81. The van der Waals surface area contributed by atoms with Gasteiger partial charge in [0.25, 0.3) is 0 Å². The second-order valence-electron chi connectivity index (χ2n) is 4.59. The molecule has 1 unspecified atom stereocenters. The lowest BCUT2D eigenvalue weighted by Gasteiger charge is -2.17. The van der Waals surface area contributed by atoms with Gasteiger partial charge in [0.15, 0.2) is 0 Å². The first-order valence-corrected chi connectivity index (χ1v) is 5.97. The predicted molar refractivity (Wildman–Crippen MR) is 63.7 cm³/mol. The second kappa shape index (κ2) is 3.51. The molecule has 0 N–H and O–H groups in total. The lowest BCUT2D eigenvalue weighted by molar-refractivity contribution is 0.220. The molecule has 3 nitrogen and oxygen atoms in total. The minimum absolute atomic E-state index is 0.191. The quantitative estimate of drug-likeness (QED) is 0.744. The zero-order valence-electron chi connectivity index (χ0n) is 9.52. The Balaban J connectivity index is 1.92. The Morgan fingerprint density at radius 2 is 2.19 bits per heavy atom. The minimum atomic E-state index is 0.191. The van der Waals surface area contributed by atoms with Crippen LogP contribution in [0, 0.1) is 0 Å². The molecule has 2 aliphatic rings. The van der Waals surface area contributed by atoms with Gasteiger partial charge >= 0.3 is 6.03 Å². The molecule has 2 amide bonds. The summed E-state index contributed by atoms with van der Waals surface area (Å²) in [4.78, 5) is 16.1. The third kappa shape index (κ3) is 1.24. The maximum absolute atomic E-state index is 12.2. The summed E-state index contributed by atoms with van der Waals surface area (Å²) in [6.07, 6.45) is 2.05. The molecule has 0 aromatic heterocycles. The van der Waals surface area contributed by atoms with Gasteiger partial charge in [-0.05, 0) is 24.5 Å². The highest BCUT2D eigenvalue weighted by atomic mass is 16.2. The number of hydrogen-bond acceptors (Lipinski definition) is 1. The molecule has 0 spiro atoms. The first-order valence-electron chi connectivity index (χ1n) is 5.97. The lowest BCUT2D eigenvalue weighted by atomic mass is 10.1. The molecule has 1 atom stereocenters. The average Bonchev–Trinajstić information content (AvgIpc) is 2.78. The fourth-order valence-electron chi connectivity index (χ4n) is 2.81. The van der Waals surface area contributed by atoms with Crippen molar-refractivity contribution in [3.8, 4) is 0 Å². The molecule has 2 heterocycles. The topological polar surface area (TPSA) is 23.6 Å². The van der Waals surface area contributed by atoms with Crippen LogP contribution in [0.15, 0.2) is 24.3 Å². The van der Waals surface area contributed by atoms with Crippen LogP contribution in [0.5, 0.6) is 0 Å². The van der Waals surface area contributed by atoms with Gasteiger partial charge in [0.2, 0.25) is 0 Å².